The summed E-state index contributed by atoms with van der Waals surface area (Å²) >= 11 is 5.43. The van der Waals surface area contributed by atoms with E-state index in [1.54, 1.807) is 12.1 Å². The molecule has 0 aromatic heterocycles. The van der Waals surface area contributed by atoms with Crippen molar-refractivity contribution >= 4 is 17.4 Å². The number of Topliss-reactive ketones (excluding diaryl/α,β-unsaturated/α-hetero) is 1. The van der Waals surface area contributed by atoms with E-state index in [0.29, 0.717) is 11.5 Å². The lowest BCUT2D eigenvalue weighted by Crippen LogP contribution is -2.37. The average Bonchev–Trinajstić information content (AvgIpc) is 2.27. The second-order valence-electron chi connectivity index (χ2n) is 2.96. The maximum Gasteiger partial charge on any atom is 0.192 e. The summed E-state index contributed by atoms with van der Waals surface area (Å²) in [4.78, 5) is 11.2. The highest BCUT2D eigenvalue weighted by atomic mass is 35.5. The number of fused-ring (bicyclic) bond motifs is 1. The molecule has 1 aliphatic rings. The maximum atomic E-state index is 11.2. The highest BCUT2D eigenvalue weighted by Gasteiger charge is 2.25. The van der Waals surface area contributed by atoms with Gasteiger partial charge in [0.15, 0.2) is 23.4 Å². The second-order valence-corrected chi connectivity index (χ2v) is 3.23. The van der Waals surface area contributed by atoms with Crippen LogP contribution in [0.25, 0.3) is 0 Å². The van der Waals surface area contributed by atoms with Crippen LogP contribution in [-0.4, -0.2) is 24.4 Å². The standard InChI is InChI=1S/C10H9ClO3/c11-5-7(12)10-6-13-8-3-1-2-4-9(8)14-10/h1-4,10H,5-6H2. The molecule has 0 fully saturated rings. The first kappa shape index (κ1) is 9.34. The third kappa shape index (κ3) is 1.68. The predicted octanol–water partition coefficient (Wildman–Crippen LogP) is 1.63. The van der Waals surface area contributed by atoms with Crippen LogP contribution >= 0.6 is 11.6 Å². The molecular weight excluding hydrogens is 204 g/mol. The van der Waals surface area contributed by atoms with Crippen molar-refractivity contribution in [2.24, 2.45) is 0 Å². The van der Waals surface area contributed by atoms with Crippen molar-refractivity contribution in [3.63, 3.8) is 0 Å². The van der Waals surface area contributed by atoms with Gasteiger partial charge in [-0.1, -0.05) is 12.1 Å². The third-order valence-electron chi connectivity index (χ3n) is 2.00. The van der Waals surface area contributed by atoms with Crippen molar-refractivity contribution < 1.29 is 14.3 Å². The molecule has 14 heavy (non-hydrogen) atoms. The minimum Gasteiger partial charge on any atom is -0.485 e. The van der Waals surface area contributed by atoms with Gasteiger partial charge in [-0.3, -0.25) is 4.79 Å². The van der Waals surface area contributed by atoms with Crippen LogP contribution in [0, 0.1) is 0 Å². The molecule has 0 amide bonds. The molecule has 2 rings (SSSR count). The summed E-state index contributed by atoms with van der Waals surface area (Å²) < 4.78 is 10.8. The van der Waals surface area contributed by atoms with Crippen molar-refractivity contribution in [2.75, 3.05) is 12.5 Å². The summed E-state index contributed by atoms with van der Waals surface area (Å²) in [5.41, 5.74) is 0. The lowest BCUT2D eigenvalue weighted by molar-refractivity contribution is -0.125. The number of hydrogen-bond acceptors (Lipinski definition) is 3. The first-order valence-electron chi connectivity index (χ1n) is 4.28. The van der Waals surface area contributed by atoms with E-state index in [1.807, 2.05) is 12.1 Å². The van der Waals surface area contributed by atoms with E-state index >= 15 is 0 Å². The second kappa shape index (κ2) is 3.88. The molecule has 0 spiro atoms. The zero-order valence-corrected chi connectivity index (χ0v) is 8.16. The fourth-order valence-corrected chi connectivity index (χ4v) is 1.44. The number of alkyl halides is 1. The molecule has 1 unspecified atom stereocenters. The van der Waals surface area contributed by atoms with Gasteiger partial charge in [-0.2, -0.15) is 0 Å². The highest BCUT2D eigenvalue weighted by Crippen LogP contribution is 2.30. The van der Waals surface area contributed by atoms with Gasteiger partial charge in [0, 0.05) is 0 Å². The molecule has 1 atom stereocenters. The molecule has 3 nitrogen and oxygen atoms in total. The summed E-state index contributed by atoms with van der Waals surface area (Å²) in [5.74, 6) is 1.07. The summed E-state index contributed by atoms with van der Waals surface area (Å²) in [6.45, 7) is 0.239. The number of hydrogen-bond donors (Lipinski definition) is 0. The number of para-hydroxylation sites is 2. The van der Waals surface area contributed by atoms with Gasteiger partial charge in [-0.25, -0.2) is 0 Å². The Labute approximate surface area is 86.6 Å². The largest absolute Gasteiger partial charge is 0.485 e. The summed E-state index contributed by atoms with van der Waals surface area (Å²) in [6.07, 6.45) is -0.567. The fraction of sp³-hybridized carbons (Fsp3) is 0.300. The van der Waals surface area contributed by atoms with E-state index in [2.05, 4.69) is 0 Å². The quantitative estimate of drug-likeness (QED) is 0.699. The van der Waals surface area contributed by atoms with Crippen LogP contribution in [0.2, 0.25) is 0 Å². The van der Waals surface area contributed by atoms with Gasteiger partial charge in [0.2, 0.25) is 0 Å². The third-order valence-corrected chi connectivity index (χ3v) is 2.26. The van der Waals surface area contributed by atoms with E-state index in [-0.39, 0.29) is 18.3 Å². The molecule has 0 N–H and O–H groups in total. The van der Waals surface area contributed by atoms with Crippen molar-refractivity contribution in [1.29, 1.82) is 0 Å². The van der Waals surface area contributed by atoms with Crippen LogP contribution in [0.15, 0.2) is 24.3 Å². The average molecular weight is 213 g/mol. The van der Waals surface area contributed by atoms with Crippen molar-refractivity contribution in [1.82, 2.24) is 0 Å². The SMILES string of the molecule is O=C(CCl)C1COc2ccccc2O1. The number of ketones is 1. The van der Waals surface area contributed by atoms with Gasteiger partial charge in [0.25, 0.3) is 0 Å². The molecule has 4 heteroatoms. The van der Waals surface area contributed by atoms with E-state index in [4.69, 9.17) is 21.1 Å². The smallest absolute Gasteiger partial charge is 0.192 e. The molecule has 1 aromatic carbocycles. The minimum atomic E-state index is -0.567. The van der Waals surface area contributed by atoms with Gasteiger partial charge in [0.05, 0.1) is 5.88 Å². The van der Waals surface area contributed by atoms with E-state index < -0.39 is 6.10 Å². The zero-order chi connectivity index (χ0) is 9.97. The minimum absolute atomic E-state index is 0.0454. The number of carbonyl (C=O) groups is 1. The van der Waals surface area contributed by atoms with Gasteiger partial charge in [0.1, 0.15) is 6.61 Å². The lowest BCUT2D eigenvalue weighted by Gasteiger charge is -2.24. The highest BCUT2D eigenvalue weighted by molar-refractivity contribution is 6.28. The van der Waals surface area contributed by atoms with E-state index in [1.165, 1.54) is 0 Å². The normalized spacial score (nSPS) is 19.1. The Morgan fingerprint density at radius 2 is 2.14 bits per heavy atom. The van der Waals surface area contributed by atoms with Gasteiger partial charge in [-0.05, 0) is 12.1 Å². The van der Waals surface area contributed by atoms with E-state index in [9.17, 15) is 4.79 Å². The summed E-state index contributed by atoms with van der Waals surface area (Å²) in [5, 5.41) is 0. The fourth-order valence-electron chi connectivity index (χ4n) is 1.26. The lowest BCUT2D eigenvalue weighted by atomic mass is 10.2. The Kier molecular flexibility index (Phi) is 2.59. The number of halogens is 1. The number of ether oxygens (including phenoxy) is 2. The number of rotatable bonds is 2. The Balaban J connectivity index is 2.17. The van der Waals surface area contributed by atoms with Crippen LogP contribution in [0.5, 0.6) is 11.5 Å². The van der Waals surface area contributed by atoms with Crippen LogP contribution < -0.4 is 9.47 Å². The molecular formula is C10H9ClO3. The van der Waals surface area contributed by atoms with E-state index in [0.717, 1.165) is 0 Å². The molecule has 0 radical (unpaired) electrons. The topological polar surface area (TPSA) is 35.5 Å². The Morgan fingerprint density at radius 3 is 2.86 bits per heavy atom. The molecule has 1 heterocycles. The Morgan fingerprint density at radius 1 is 1.43 bits per heavy atom. The molecule has 0 saturated carbocycles. The summed E-state index contributed by atoms with van der Waals surface area (Å²) in [7, 11) is 0. The monoisotopic (exact) mass is 212 g/mol. The zero-order valence-electron chi connectivity index (χ0n) is 7.40. The number of carbonyl (C=O) groups excluding carboxylic acids is 1. The van der Waals surface area contributed by atoms with Crippen LogP contribution in [0.1, 0.15) is 0 Å². The molecule has 0 saturated heterocycles. The van der Waals surface area contributed by atoms with Gasteiger partial charge < -0.3 is 9.47 Å². The number of benzene rings is 1. The van der Waals surface area contributed by atoms with Crippen molar-refractivity contribution in [3.8, 4) is 11.5 Å². The van der Waals surface area contributed by atoms with Crippen molar-refractivity contribution in [2.45, 2.75) is 6.10 Å². The van der Waals surface area contributed by atoms with Crippen LogP contribution in [-0.2, 0) is 4.79 Å². The van der Waals surface area contributed by atoms with Gasteiger partial charge in [-0.15, -0.1) is 11.6 Å². The Hall–Kier alpha value is -1.22. The Bertz CT molecular complexity index is 351. The predicted molar refractivity (Wildman–Crippen MR) is 52.1 cm³/mol. The van der Waals surface area contributed by atoms with Crippen molar-refractivity contribution in [3.05, 3.63) is 24.3 Å². The maximum absolute atomic E-state index is 11.2. The summed E-state index contributed by atoms with van der Waals surface area (Å²) in [6, 6.07) is 7.25. The van der Waals surface area contributed by atoms with Crippen LogP contribution in [0.3, 0.4) is 0 Å². The molecule has 1 aliphatic heterocycles. The van der Waals surface area contributed by atoms with Crippen LogP contribution in [0.4, 0.5) is 0 Å². The molecule has 0 aliphatic carbocycles. The first-order chi connectivity index (χ1) is 6.81. The molecule has 1 aromatic rings. The molecule has 0 bridgehead atoms. The molecule has 74 valence electrons. The first-order valence-corrected chi connectivity index (χ1v) is 4.82. The van der Waals surface area contributed by atoms with Gasteiger partial charge >= 0.3 is 0 Å².